The van der Waals surface area contributed by atoms with E-state index in [2.05, 4.69) is 36.4 Å². The highest BCUT2D eigenvalue weighted by Gasteiger charge is 2.44. The Labute approximate surface area is 263 Å². The minimum atomic E-state index is -1.56. The summed E-state index contributed by atoms with van der Waals surface area (Å²) in [4.78, 5) is 28.5. The lowest BCUT2D eigenvalue weighted by Crippen LogP contribution is -2.59. The van der Waals surface area contributed by atoms with Gasteiger partial charge in [-0.2, -0.15) is 5.10 Å². The SMILES string of the molecule is Cc1nn(C(C)C)c2cc(-c3ccc(C(=O)C(=O)N[C@H](C)[C@](O)(c4ccc(OC5CC5)c(Cl)c4)N4CCCC4)cc3)ccc12. The fraction of sp³-hybridized carbons (Fsp3) is 0.400. The van der Waals surface area contributed by atoms with Crippen LogP contribution < -0.4 is 10.1 Å². The molecule has 1 aliphatic heterocycles. The van der Waals surface area contributed by atoms with E-state index in [0.29, 0.717) is 29.4 Å². The number of amides is 1. The predicted octanol–water partition coefficient (Wildman–Crippen LogP) is 6.42. The number of nitrogens with zero attached hydrogens (tertiary/aromatic N) is 3. The number of fused-ring (bicyclic) bond motifs is 1. The molecule has 230 valence electrons. The van der Waals surface area contributed by atoms with Crippen LogP contribution in [0.25, 0.3) is 22.0 Å². The number of carbonyl (C=O) groups is 2. The molecule has 6 rings (SSSR count). The van der Waals surface area contributed by atoms with Crippen LogP contribution in [0.15, 0.2) is 60.7 Å². The molecule has 1 saturated heterocycles. The fourth-order valence-electron chi connectivity index (χ4n) is 6.13. The van der Waals surface area contributed by atoms with Crippen molar-refractivity contribution >= 4 is 34.2 Å². The molecular weight excluding hydrogens is 576 g/mol. The summed E-state index contributed by atoms with van der Waals surface area (Å²) in [5, 5.41) is 21.1. The van der Waals surface area contributed by atoms with Crippen LogP contribution in [0.1, 0.15) is 74.1 Å². The average molecular weight is 615 g/mol. The molecule has 4 aromatic rings. The first-order chi connectivity index (χ1) is 21.1. The highest BCUT2D eigenvalue weighted by atomic mass is 35.5. The lowest BCUT2D eigenvalue weighted by Gasteiger charge is -2.42. The van der Waals surface area contributed by atoms with E-state index < -0.39 is 23.5 Å². The van der Waals surface area contributed by atoms with Gasteiger partial charge in [-0.1, -0.05) is 54.1 Å². The molecule has 2 fully saturated rings. The molecule has 2 heterocycles. The summed E-state index contributed by atoms with van der Waals surface area (Å²) in [7, 11) is 0. The van der Waals surface area contributed by atoms with Crippen molar-refractivity contribution in [3.8, 4) is 16.9 Å². The van der Waals surface area contributed by atoms with E-state index in [-0.39, 0.29) is 17.7 Å². The number of benzene rings is 3. The second-order valence-electron chi connectivity index (χ2n) is 12.3. The summed E-state index contributed by atoms with van der Waals surface area (Å²) >= 11 is 6.56. The van der Waals surface area contributed by atoms with Crippen molar-refractivity contribution < 1.29 is 19.4 Å². The summed E-state index contributed by atoms with van der Waals surface area (Å²) < 4.78 is 7.90. The minimum absolute atomic E-state index is 0.191. The maximum Gasteiger partial charge on any atom is 0.292 e. The second-order valence-corrected chi connectivity index (χ2v) is 12.7. The van der Waals surface area contributed by atoms with Gasteiger partial charge in [-0.05, 0) is 82.7 Å². The zero-order valence-corrected chi connectivity index (χ0v) is 26.4. The quantitative estimate of drug-likeness (QED) is 0.158. The van der Waals surface area contributed by atoms with E-state index >= 15 is 0 Å². The monoisotopic (exact) mass is 614 g/mol. The number of halogens is 1. The number of likely N-dealkylation sites (tertiary alicyclic amines) is 1. The van der Waals surface area contributed by atoms with Crippen LogP contribution in [-0.4, -0.2) is 56.7 Å². The molecule has 1 aromatic heterocycles. The second kappa shape index (κ2) is 12.0. The van der Waals surface area contributed by atoms with Crippen LogP contribution in [0.3, 0.4) is 0 Å². The molecule has 2 atom stereocenters. The molecule has 0 unspecified atom stereocenters. The number of ether oxygens (including phenoxy) is 1. The first-order valence-corrected chi connectivity index (χ1v) is 15.8. The summed E-state index contributed by atoms with van der Waals surface area (Å²) in [6.45, 7) is 9.25. The van der Waals surface area contributed by atoms with Gasteiger partial charge in [0.25, 0.3) is 5.91 Å². The highest BCUT2D eigenvalue weighted by Crippen LogP contribution is 2.38. The van der Waals surface area contributed by atoms with Crippen molar-refractivity contribution in [3.05, 3.63) is 82.5 Å². The van der Waals surface area contributed by atoms with Gasteiger partial charge in [0.15, 0.2) is 5.72 Å². The standard InChI is InChI=1S/C35H39ClN4O4/c1-21(2)40-31-19-26(11-15-29(31)22(3)38-40)24-7-9-25(10-8-24)33(41)34(42)37-23(4)35(43,39-17-5-6-18-39)27-12-16-32(30(36)20-27)44-28-13-14-28/h7-12,15-16,19-21,23,28,43H,5-6,13-14,17-18H2,1-4H3,(H,37,42)/t23-,35+/m1/s1. The Morgan fingerprint density at radius 3 is 2.32 bits per heavy atom. The zero-order chi connectivity index (χ0) is 31.2. The largest absolute Gasteiger partial charge is 0.489 e. The van der Waals surface area contributed by atoms with Gasteiger partial charge >= 0.3 is 0 Å². The zero-order valence-electron chi connectivity index (χ0n) is 25.6. The molecule has 2 N–H and O–H groups in total. The van der Waals surface area contributed by atoms with Gasteiger partial charge in [0.2, 0.25) is 5.78 Å². The number of nitrogens with one attached hydrogen (secondary N) is 1. The van der Waals surface area contributed by atoms with E-state index in [1.807, 2.05) is 34.7 Å². The van der Waals surface area contributed by atoms with E-state index in [9.17, 15) is 14.7 Å². The highest BCUT2D eigenvalue weighted by molar-refractivity contribution is 6.42. The van der Waals surface area contributed by atoms with Crippen LogP contribution in [0.5, 0.6) is 5.75 Å². The normalized spacial score (nSPS) is 17.5. The molecule has 44 heavy (non-hydrogen) atoms. The van der Waals surface area contributed by atoms with Crippen LogP contribution in [0, 0.1) is 6.92 Å². The Morgan fingerprint density at radius 2 is 1.68 bits per heavy atom. The van der Waals surface area contributed by atoms with E-state index in [1.54, 1.807) is 37.3 Å². The van der Waals surface area contributed by atoms with Crippen molar-refractivity contribution in [2.75, 3.05) is 13.1 Å². The fourth-order valence-corrected chi connectivity index (χ4v) is 6.36. The Bertz CT molecular complexity index is 1710. The molecule has 1 saturated carbocycles. The van der Waals surface area contributed by atoms with Gasteiger partial charge in [-0.25, -0.2) is 0 Å². The summed E-state index contributed by atoms with van der Waals surface area (Å²) in [6.07, 6.45) is 4.07. The number of ketones is 1. The molecule has 0 spiro atoms. The van der Waals surface area contributed by atoms with Gasteiger partial charge in [0.1, 0.15) is 5.75 Å². The average Bonchev–Trinajstić information content (AvgIpc) is 3.52. The van der Waals surface area contributed by atoms with E-state index in [1.165, 1.54) is 0 Å². The number of aliphatic hydroxyl groups is 1. The molecule has 1 aliphatic carbocycles. The Balaban J connectivity index is 1.20. The van der Waals surface area contributed by atoms with Crippen LogP contribution in [0.2, 0.25) is 5.02 Å². The third-order valence-electron chi connectivity index (χ3n) is 8.78. The molecule has 0 radical (unpaired) electrons. The maximum absolute atomic E-state index is 13.3. The number of carbonyl (C=O) groups excluding carboxylic acids is 2. The van der Waals surface area contributed by atoms with E-state index in [0.717, 1.165) is 53.4 Å². The number of rotatable bonds is 10. The lowest BCUT2D eigenvalue weighted by atomic mass is 9.93. The predicted molar refractivity (Wildman–Crippen MR) is 172 cm³/mol. The molecule has 1 amide bonds. The first kappa shape index (κ1) is 30.3. The number of aryl methyl sites for hydroxylation is 1. The van der Waals surface area contributed by atoms with Crippen molar-refractivity contribution in [1.29, 1.82) is 0 Å². The smallest absolute Gasteiger partial charge is 0.292 e. The molecule has 9 heteroatoms. The van der Waals surface area contributed by atoms with Gasteiger partial charge in [-0.15, -0.1) is 0 Å². The van der Waals surface area contributed by atoms with Gasteiger partial charge in [0.05, 0.1) is 28.4 Å². The minimum Gasteiger partial charge on any atom is -0.489 e. The summed E-state index contributed by atoms with van der Waals surface area (Å²) in [6, 6.07) is 17.9. The van der Waals surface area contributed by atoms with Crippen LogP contribution in [0.4, 0.5) is 0 Å². The number of hydrogen-bond donors (Lipinski definition) is 2. The molecule has 8 nitrogen and oxygen atoms in total. The van der Waals surface area contributed by atoms with Crippen molar-refractivity contribution in [1.82, 2.24) is 20.0 Å². The molecule has 2 aliphatic rings. The lowest BCUT2D eigenvalue weighted by molar-refractivity contribution is -0.139. The first-order valence-electron chi connectivity index (χ1n) is 15.4. The third kappa shape index (κ3) is 5.74. The van der Waals surface area contributed by atoms with Crippen molar-refractivity contribution in [3.63, 3.8) is 0 Å². The van der Waals surface area contributed by atoms with E-state index in [4.69, 9.17) is 16.3 Å². The maximum atomic E-state index is 13.3. The van der Waals surface area contributed by atoms with Crippen LogP contribution >= 0.6 is 11.6 Å². The number of aromatic nitrogens is 2. The Kier molecular flexibility index (Phi) is 8.26. The summed E-state index contributed by atoms with van der Waals surface area (Å²) in [5.74, 6) is -0.861. The van der Waals surface area contributed by atoms with Crippen molar-refractivity contribution in [2.24, 2.45) is 0 Å². The number of hydrogen-bond acceptors (Lipinski definition) is 6. The van der Waals surface area contributed by atoms with Gasteiger partial charge in [-0.3, -0.25) is 19.2 Å². The Morgan fingerprint density at radius 1 is 1.00 bits per heavy atom. The molecule has 0 bridgehead atoms. The van der Waals surface area contributed by atoms with Crippen molar-refractivity contribution in [2.45, 2.75) is 77.3 Å². The topological polar surface area (TPSA) is 96.7 Å². The van der Waals surface area contributed by atoms with Gasteiger partial charge in [0, 0.05) is 35.6 Å². The molecule has 3 aromatic carbocycles. The van der Waals surface area contributed by atoms with Gasteiger partial charge < -0.3 is 15.2 Å². The Hall–Kier alpha value is -3.72. The third-order valence-corrected chi connectivity index (χ3v) is 9.08. The molecular formula is C35H39ClN4O4. The summed E-state index contributed by atoms with van der Waals surface area (Å²) in [5.41, 5.74) is 3.23. The van der Waals surface area contributed by atoms with Crippen LogP contribution in [-0.2, 0) is 10.5 Å². The number of Topliss-reactive ketones (excluding diaryl/α,β-unsaturated/α-hetero) is 1.